The highest BCUT2D eigenvalue weighted by Crippen LogP contribution is 2.35. The third kappa shape index (κ3) is 5.13. The fourth-order valence-corrected chi connectivity index (χ4v) is 3.73. The molecule has 0 saturated carbocycles. The molecular formula is C21H15Cl2N3O5S. The lowest BCUT2D eigenvalue weighted by Gasteiger charge is -2.27. The lowest BCUT2D eigenvalue weighted by atomic mass is 10.1. The molecule has 1 aliphatic heterocycles. The Hall–Kier alpha value is -3.27. The molecule has 1 aliphatic rings. The van der Waals surface area contributed by atoms with Gasteiger partial charge >= 0.3 is 0 Å². The van der Waals surface area contributed by atoms with Crippen molar-refractivity contribution in [3.63, 3.8) is 0 Å². The lowest BCUT2D eigenvalue weighted by molar-refractivity contribution is -0.384. The molecule has 1 heterocycles. The average Bonchev–Trinajstić information content (AvgIpc) is 2.73. The molecule has 1 fully saturated rings. The summed E-state index contributed by atoms with van der Waals surface area (Å²) in [4.78, 5) is 36.5. The van der Waals surface area contributed by atoms with Crippen LogP contribution in [0.5, 0.6) is 5.75 Å². The zero-order chi connectivity index (χ0) is 23.4. The molecule has 11 heteroatoms. The number of carbonyl (C=O) groups is 2. The number of thiocarbonyl (C=S) groups is 1. The van der Waals surface area contributed by atoms with Gasteiger partial charge in [0.05, 0.1) is 15.0 Å². The molecule has 0 bridgehead atoms. The van der Waals surface area contributed by atoms with E-state index in [2.05, 4.69) is 11.9 Å². The number of benzene rings is 2. The Labute approximate surface area is 198 Å². The Kier molecular flexibility index (Phi) is 7.24. The number of nitro benzene ring substituents is 1. The van der Waals surface area contributed by atoms with Crippen molar-refractivity contribution in [1.29, 1.82) is 0 Å². The fourth-order valence-electron chi connectivity index (χ4n) is 2.87. The SMILES string of the molecule is C=CCN1C(=O)/C(=C/c2cc(Cl)c(OCc3cccc([N+](=O)[O-])c3)c(Cl)c2)C(=O)NC1=S. The molecule has 0 unspecified atom stereocenters. The minimum atomic E-state index is -0.640. The topological polar surface area (TPSA) is 102 Å². The first-order chi connectivity index (χ1) is 15.2. The predicted octanol–water partition coefficient (Wildman–Crippen LogP) is 4.29. The number of nitrogens with zero attached hydrogens (tertiary/aromatic N) is 2. The van der Waals surface area contributed by atoms with Crippen LogP contribution in [0.15, 0.2) is 54.6 Å². The van der Waals surface area contributed by atoms with Crippen molar-refractivity contribution in [1.82, 2.24) is 10.2 Å². The van der Waals surface area contributed by atoms with Crippen LogP contribution in [0.25, 0.3) is 6.08 Å². The summed E-state index contributed by atoms with van der Waals surface area (Å²) in [6.07, 6.45) is 2.83. The number of nitro groups is 1. The Morgan fingerprint density at radius 2 is 1.91 bits per heavy atom. The van der Waals surface area contributed by atoms with Crippen molar-refractivity contribution in [3.05, 3.63) is 85.9 Å². The van der Waals surface area contributed by atoms with Gasteiger partial charge in [-0.2, -0.15) is 0 Å². The van der Waals surface area contributed by atoms with Gasteiger partial charge < -0.3 is 4.74 Å². The monoisotopic (exact) mass is 491 g/mol. The van der Waals surface area contributed by atoms with Crippen molar-refractivity contribution in [3.8, 4) is 5.75 Å². The highest BCUT2D eigenvalue weighted by atomic mass is 35.5. The predicted molar refractivity (Wildman–Crippen MR) is 125 cm³/mol. The van der Waals surface area contributed by atoms with E-state index >= 15 is 0 Å². The summed E-state index contributed by atoms with van der Waals surface area (Å²) >= 11 is 17.6. The van der Waals surface area contributed by atoms with Gasteiger partial charge in [-0.05, 0) is 41.6 Å². The van der Waals surface area contributed by atoms with Crippen LogP contribution in [-0.4, -0.2) is 33.3 Å². The number of amides is 2. The van der Waals surface area contributed by atoms with Crippen molar-refractivity contribution in [2.75, 3.05) is 6.54 Å². The van der Waals surface area contributed by atoms with Crippen LogP contribution in [0.3, 0.4) is 0 Å². The largest absolute Gasteiger partial charge is 0.486 e. The molecule has 32 heavy (non-hydrogen) atoms. The number of rotatable bonds is 7. The van der Waals surface area contributed by atoms with E-state index in [1.165, 1.54) is 41.3 Å². The van der Waals surface area contributed by atoms with Crippen LogP contribution in [0, 0.1) is 10.1 Å². The maximum atomic E-state index is 12.6. The summed E-state index contributed by atoms with van der Waals surface area (Å²) in [5.41, 5.74) is 0.747. The van der Waals surface area contributed by atoms with E-state index in [1.807, 2.05) is 0 Å². The zero-order valence-electron chi connectivity index (χ0n) is 16.3. The van der Waals surface area contributed by atoms with Crippen LogP contribution >= 0.6 is 35.4 Å². The molecule has 2 aromatic carbocycles. The summed E-state index contributed by atoms with van der Waals surface area (Å²) in [6, 6.07) is 8.93. The average molecular weight is 492 g/mol. The van der Waals surface area contributed by atoms with E-state index in [9.17, 15) is 19.7 Å². The summed E-state index contributed by atoms with van der Waals surface area (Å²) in [5, 5.41) is 13.6. The van der Waals surface area contributed by atoms with E-state index in [1.54, 1.807) is 12.1 Å². The van der Waals surface area contributed by atoms with Crippen LogP contribution in [0.4, 0.5) is 5.69 Å². The third-order valence-corrected chi connectivity index (χ3v) is 5.22. The van der Waals surface area contributed by atoms with Crippen molar-refractivity contribution in [2.45, 2.75) is 6.61 Å². The molecule has 2 amide bonds. The highest BCUT2D eigenvalue weighted by molar-refractivity contribution is 7.80. The second kappa shape index (κ2) is 9.90. The van der Waals surface area contributed by atoms with E-state index in [0.29, 0.717) is 11.1 Å². The molecule has 164 valence electrons. The maximum absolute atomic E-state index is 12.6. The van der Waals surface area contributed by atoms with Gasteiger partial charge in [-0.3, -0.25) is 29.9 Å². The van der Waals surface area contributed by atoms with Crippen molar-refractivity contribution < 1.29 is 19.2 Å². The van der Waals surface area contributed by atoms with Crippen LogP contribution in [-0.2, 0) is 16.2 Å². The lowest BCUT2D eigenvalue weighted by Crippen LogP contribution is -2.53. The zero-order valence-corrected chi connectivity index (χ0v) is 18.7. The van der Waals surface area contributed by atoms with Gasteiger partial charge in [-0.15, -0.1) is 6.58 Å². The number of non-ortho nitro benzene ring substituents is 1. The first-order valence-corrected chi connectivity index (χ1v) is 10.2. The Balaban J connectivity index is 1.84. The Bertz CT molecular complexity index is 1160. The summed E-state index contributed by atoms with van der Waals surface area (Å²) < 4.78 is 5.65. The minimum absolute atomic E-state index is 0.00184. The van der Waals surface area contributed by atoms with Gasteiger partial charge in [0.2, 0.25) is 0 Å². The van der Waals surface area contributed by atoms with Crippen LogP contribution < -0.4 is 10.1 Å². The number of hydrogen-bond donors (Lipinski definition) is 1. The smallest absolute Gasteiger partial charge is 0.269 e. The molecule has 1 saturated heterocycles. The Morgan fingerprint density at radius 1 is 1.22 bits per heavy atom. The summed E-state index contributed by atoms with van der Waals surface area (Å²) in [7, 11) is 0. The van der Waals surface area contributed by atoms with Gasteiger partial charge in [-0.25, -0.2) is 0 Å². The van der Waals surface area contributed by atoms with E-state index < -0.39 is 16.7 Å². The van der Waals surface area contributed by atoms with Gasteiger partial charge in [0.15, 0.2) is 10.9 Å². The number of hydrogen-bond acceptors (Lipinski definition) is 6. The van der Waals surface area contributed by atoms with E-state index in [4.69, 9.17) is 40.2 Å². The van der Waals surface area contributed by atoms with Crippen LogP contribution in [0.1, 0.15) is 11.1 Å². The molecule has 0 spiro atoms. The Morgan fingerprint density at radius 3 is 2.53 bits per heavy atom. The normalized spacial score (nSPS) is 15.0. The quantitative estimate of drug-likeness (QED) is 0.155. The van der Waals surface area contributed by atoms with E-state index in [0.717, 1.165) is 0 Å². The summed E-state index contributed by atoms with van der Waals surface area (Å²) in [5.74, 6) is -1.05. The molecule has 0 atom stereocenters. The van der Waals surface area contributed by atoms with Crippen molar-refractivity contribution in [2.24, 2.45) is 0 Å². The minimum Gasteiger partial charge on any atom is -0.486 e. The second-order valence-corrected chi connectivity index (χ2v) is 7.75. The molecular weight excluding hydrogens is 477 g/mol. The highest BCUT2D eigenvalue weighted by Gasteiger charge is 2.32. The number of nitrogens with one attached hydrogen (secondary N) is 1. The summed E-state index contributed by atoms with van der Waals surface area (Å²) in [6.45, 7) is 3.71. The number of ether oxygens (including phenoxy) is 1. The van der Waals surface area contributed by atoms with E-state index in [-0.39, 0.29) is 45.3 Å². The molecule has 3 rings (SSSR count). The molecule has 0 radical (unpaired) electrons. The van der Waals surface area contributed by atoms with Crippen molar-refractivity contribution >= 4 is 64.1 Å². The van der Waals surface area contributed by atoms with Gasteiger partial charge in [-0.1, -0.05) is 41.4 Å². The molecule has 1 N–H and O–H groups in total. The molecule has 0 aromatic heterocycles. The molecule has 0 aliphatic carbocycles. The second-order valence-electron chi connectivity index (χ2n) is 6.55. The van der Waals surface area contributed by atoms with Gasteiger partial charge in [0, 0.05) is 18.7 Å². The standard InChI is InChI=1S/C21H15Cl2N3O5S/c1-2-6-25-20(28)15(19(27)24-21(25)32)8-13-9-16(22)18(17(23)10-13)31-11-12-4-3-5-14(7-12)26(29)30/h2-5,7-10H,1,6,11H2,(H,24,27,32)/b15-8+. The fraction of sp³-hybridized carbons (Fsp3) is 0.0952. The first kappa shape index (κ1) is 23.4. The first-order valence-electron chi connectivity index (χ1n) is 9.06. The maximum Gasteiger partial charge on any atom is 0.269 e. The number of carbonyl (C=O) groups excluding carboxylic acids is 2. The van der Waals surface area contributed by atoms with Crippen LogP contribution in [0.2, 0.25) is 10.0 Å². The van der Waals surface area contributed by atoms with Gasteiger partial charge in [0.25, 0.3) is 17.5 Å². The molecule has 8 nitrogen and oxygen atoms in total. The van der Waals surface area contributed by atoms with Gasteiger partial charge in [0.1, 0.15) is 12.2 Å². The third-order valence-electron chi connectivity index (χ3n) is 4.33. The number of halogens is 2. The molecule has 2 aromatic rings.